The summed E-state index contributed by atoms with van der Waals surface area (Å²) in [5.41, 5.74) is 4.25. The van der Waals surface area contributed by atoms with E-state index in [9.17, 15) is 0 Å². The van der Waals surface area contributed by atoms with E-state index in [-0.39, 0.29) is 5.41 Å². The Kier molecular flexibility index (Phi) is 8.69. The topological polar surface area (TPSA) is 62.4 Å². The molecule has 1 heterocycles. The molecule has 0 spiro atoms. The first kappa shape index (κ1) is 23.2. The average molecular weight is 417 g/mol. The maximum absolute atomic E-state index is 5.88. The number of aromatic amines is 1. The third-order valence-electron chi connectivity index (χ3n) is 6.62. The molecule has 6 heteroatoms. The molecule has 2 N–H and O–H groups in total. The fraction of sp³-hybridized carbons (Fsp3) is 0.708. The van der Waals surface area contributed by atoms with E-state index in [1.54, 1.807) is 0 Å². The third kappa shape index (κ3) is 5.61. The average Bonchev–Trinajstić information content (AvgIpc) is 3.24. The Labute approximate surface area is 181 Å². The molecule has 0 amide bonds. The highest BCUT2D eigenvalue weighted by Gasteiger charge is 2.37. The first-order chi connectivity index (χ1) is 14.6. The van der Waals surface area contributed by atoms with Crippen molar-refractivity contribution in [1.29, 1.82) is 0 Å². The molecule has 0 bridgehead atoms. The predicted molar refractivity (Wildman–Crippen MR) is 123 cm³/mol. The molecule has 1 aromatic heterocycles. The van der Waals surface area contributed by atoms with Gasteiger partial charge in [0.2, 0.25) is 0 Å². The number of ether oxygens (including phenoxy) is 2. The van der Waals surface area contributed by atoms with Crippen LogP contribution in [-0.4, -0.2) is 68.7 Å². The number of aromatic nitrogens is 2. The summed E-state index contributed by atoms with van der Waals surface area (Å²) in [5.74, 6) is 0.565. The van der Waals surface area contributed by atoms with Gasteiger partial charge in [0.1, 0.15) is 0 Å². The second-order valence-electron chi connectivity index (χ2n) is 8.86. The number of likely N-dealkylation sites (N-methyl/N-ethyl adjacent to an activating group) is 2. The van der Waals surface area contributed by atoms with Crippen LogP contribution in [0, 0.1) is 5.41 Å². The Morgan fingerprint density at radius 2 is 1.87 bits per heavy atom. The van der Waals surface area contributed by atoms with Crippen molar-refractivity contribution < 1.29 is 9.47 Å². The van der Waals surface area contributed by atoms with E-state index in [0.29, 0.717) is 5.92 Å². The van der Waals surface area contributed by atoms with Gasteiger partial charge in [-0.05, 0) is 76.7 Å². The monoisotopic (exact) mass is 416 g/mol. The molecule has 2 aromatic rings. The molecule has 0 aliphatic heterocycles. The molecule has 1 aliphatic carbocycles. The summed E-state index contributed by atoms with van der Waals surface area (Å²) in [5, 5.41) is 12.1. The highest BCUT2D eigenvalue weighted by atomic mass is 16.5. The van der Waals surface area contributed by atoms with E-state index in [4.69, 9.17) is 9.47 Å². The van der Waals surface area contributed by atoms with Crippen molar-refractivity contribution in [3.8, 4) is 0 Å². The summed E-state index contributed by atoms with van der Waals surface area (Å²) in [6.07, 6.45) is 6.68. The molecule has 0 unspecified atom stereocenters. The van der Waals surface area contributed by atoms with Crippen LogP contribution in [0.5, 0.6) is 0 Å². The second-order valence-corrected chi connectivity index (χ2v) is 8.86. The van der Waals surface area contributed by atoms with Crippen LogP contribution in [0.1, 0.15) is 56.6 Å². The molecule has 1 fully saturated rings. The lowest BCUT2D eigenvalue weighted by Gasteiger charge is -2.40. The SMILES string of the molecule is CCOCC1(COCC)CCC(c2c(CN(C)CCNC)ccc3[nH]ncc23)CC1. The molecule has 0 radical (unpaired) electrons. The van der Waals surface area contributed by atoms with Crippen molar-refractivity contribution in [3.63, 3.8) is 0 Å². The second kappa shape index (κ2) is 11.2. The molecule has 0 atom stereocenters. The minimum atomic E-state index is 0.163. The van der Waals surface area contributed by atoms with Crippen molar-refractivity contribution in [2.45, 2.75) is 52.0 Å². The van der Waals surface area contributed by atoms with Crippen LogP contribution in [0.3, 0.4) is 0 Å². The first-order valence-electron chi connectivity index (χ1n) is 11.6. The number of benzene rings is 1. The van der Waals surface area contributed by atoms with Crippen molar-refractivity contribution >= 4 is 10.9 Å². The van der Waals surface area contributed by atoms with E-state index in [1.807, 2.05) is 13.2 Å². The maximum atomic E-state index is 5.88. The summed E-state index contributed by atoms with van der Waals surface area (Å²) in [4.78, 5) is 2.40. The summed E-state index contributed by atoms with van der Waals surface area (Å²) in [7, 11) is 4.21. The normalized spacial score (nSPS) is 17.2. The number of nitrogens with one attached hydrogen (secondary N) is 2. The van der Waals surface area contributed by atoms with Crippen molar-refractivity contribution in [2.24, 2.45) is 5.41 Å². The van der Waals surface area contributed by atoms with Crippen molar-refractivity contribution in [1.82, 2.24) is 20.4 Å². The smallest absolute Gasteiger partial charge is 0.0653 e. The number of hydrogen-bond acceptors (Lipinski definition) is 5. The van der Waals surface area contributed by atoms with Crippen LogP contribution >= 0.6 is 0 Å². The van der Waals surface area contributed by atoms with Crippen LogP contribution in [0.25, 0.3) is 10.9 Å². The number of nitrogens with zero attached hydrogens (tertiary/aromatic N) is 2. The lowest BCUT2D eigenvalue weighted by molar-refractivity contribution is -0.0395. The van der Waals surface area contributed by atoms with Crippen LogP contribution in [-0.2, 0) is 16.0 Å². The fourth-order valence-corrected chi connectivity index (χ4v) is 4.86. The van der Waals surface area contributed by atoms with Gasteiger partial charge in [0, 0.05) is 43.6 Å². The largest absolute Gasteiger partial charge is 0.381 e. The Hall–Kier alpha value is -1.47. The van der Waals surface area contributed by atoms with Crippen LogP contribution < -0.4 is 5.32 Å². The molecule has 3 rings (SSSR count). The van der Waals surface area contributed by atoms with E-state index in [2.05, 4.69) is 53.4 Å². The molecule has 168 valence electrons. The van der Waals surface area contributed by atoms with E-state index >= 15 is 0 Å². The zero-order valence-electron chi connectivity index (χ0n) is 19.3. The minimum absolute atomic E-state index is 0.163. The molecular formula is C24H40N4O2. The van der Waals surface area contributed by atoms with Gasteiger partial charge in [-0.3, -0.25) is 5.10 Å². The summed E-state index contributed by atoms with van der Waals surface area (Å²) in [6, 6.07) is 4.48. The van der Waals surface area contributed by atoms with Gasteiger partial charge < -0.3 is 19.7 Å². The molecular weight excluding hydrogens is 376 g/mol. The quantitative estimate of drug-likeness (QED) is 0.549. The summed E-state index contributed by atoms with van der Waals surface area (Å²) >= 11 is 0. The molecule has 6 nitrogen and oxygen atoms in total. The molecule has 30 heavy (non-hydrogen) atoms. The molecule has 1 aromatic carbocycles. The first-order valence-corrected chi connectivity index (χ1v) is 11.6. The highest BCUT2D eigenvalue weighted by molar-refractivity contribution is 5.83. The van der Waals surface area contributed by atoms with Gasteiger partial charge in [0.05, 0.1) is 24.9 Å². The highest BCUT2D eigenvalue weighted by Crippen LogP contribution is 2.46. The number of rotatable bonds is 12. The van der Waals surface area contributed by atoms with Gasteiger partial charge in [-0.1, -0.05) is 6.07 Å². The van der Waals surface area contributed by atoms with Gasteiger partial charge in [-0.25, -0.2) is 0 Å². The lowest BCUT2D eigenvalue weighted by atomic mass is 9.68. The lowest BCUT2D eigenvalue weighted by Crippen LogP contribution is -2.36. The molecule has 1 saturated carbocycles. The Morgan fingerprint density at radius 1 is 1.17 bits per heavy atom. The van der Waals surface area contributed by atoms with Gasteiger partial charge in [-0.2, -0.15) is 5.10 Å². The van der Waals surface area contributed by atoms with Crippen molar-refractivity contribution in [2.75, 3.05) is 53.6 Å². The van der Waals surface area contributed by atoms with Gasteiger partial charge in [0.15, 0.2) is 0 Å². The van der Waals surface area contributed by atoms with E-state index in [0.717, 1.165) is 64.4 Å². The van der Waals surface area contributed by atoms with E-state index < -0.39 is 0 Å². The number of fused-ring (bicyclic) bond motifs is 1. The summed E-state index contributed by atoms with van der Waals surface area (Å²) in [6.45, 7) is 10.3. The number of H-pyrrole nitrogens is 1. The van der Waals surface area contributed by atoms with Crippen LogP contribution in [0.15, 0.2) is 18.3 Å². The van der Waals surface area contributed by atoms with Gasteiger partial charge in [-0.15, -0.1) is 0 Å². The zero-order chi connectivity index (χ0) is 21.4. The van der Waals surface area contributed by atoms with Crippen LogP contribution in [0.4, 0.5) is 0 Å². The fourth-order valence-electron chi connectivity index (χ4n) is 4.86. The Morgan fingerprint density at radius 3 is 2.50 bits per heavy atom. The standard InChI is InChI=1S/C24H40N4O2/c1-5-29-17-24(18-30-6-2)11-9-19(10-12-24)23-20(16-28(4)14-13-25-3)7-8-22-21(23)15-26-27-22/h7-8,15,19,25H,5-6,9-14,16-18H2,1-4H3,(H,26,27). The van der Waals surface area contributed by atoms with Crippen molar-refractivity contribution in [3.05, 3.63) is 29.5 Å². The molecule has 0 saturated heterocycles. The van der Waals surface area contributed by atoms with Gasteiger partial charge >= 0.3 is 0 Å². The third-order valence-corrected chi connectivity index (χ3v) is 6.62. The van der Waals surface area contributed by atoms with E-state index in [1.165, 1.54) is 29.4 Å². The Balaban J connectivity index is 1.80. The van der Waals surface area contributed by atoms with Gasteiger partial charge in [0.25, 0.3) is 0 Å². The number of hydrogen-bond donors (Lipinski definition) is 2. The maximum Gasteiger partial charge on any atom is 0.0653 e. The predicted octanol–water partition coefficient (Wildman–Crippen LogP) is 3.93. The molecule has 1 aliphatic rings. The van der Waals surface area contributed by atoms with Crippen LogP contribution in [0.2, 0.25) is 0 Å². The minimum Gasteiger partial charge on any atom is -0.381 e. The summed E-state index contributed by atoms with van der Waals surface area (Å²) < 4.78 is 11.8. The Bertz CT molecular complexity index is 758. The zero-order valence-corrected chi connectivity index (χ0v) is 19.3.